The van der Waals surface area contributed by atoms with Crippen molar-refractivity contribution in [1.82, 2.24) is 10.6 Å². The van der Waals surface area contributed by atoms with Gasteiger partial charge in [-0.25, -0.2) is 4.79 Å². The van der Waals surface area contributed by atoms with Crippen molar-refractivity contribution >= 4 is 23.7 Å². The summed E-state index contributed by atoms with van der Waals surface area (Å²) >= 11 is 1.17. The minimum absolute atomic E-state index is 0.0744. The molecule has 0 atom stereocenters. The van der Waals surface area contributed by atoms with E-state index in [4.69, 9.17) is 0 Å². The minimum Gasteiger partial charge on any atom is -0.507 e. The zero-order valence-electron chi connectivity index (χ0n) is 8.69. The van der Waals surface area contributed by atoms with E-state index in [-0.39, 0.29) is 11.5 Å². The van der Waals surface area contributed by atoms with Crippen LogP contribution in [0, 0.1) is 0 Å². The first-order valence-electron chi connectivity index (χ1n) is 4.56. The number of imide groups is 1. The van der Waals surface area contributed by atoms with Crippen LogP contribution in [0.1, 0.15) is 0 Å². The van der Waals surface area contributed by atoms with Crippen LogP contribution in [0.25, 0.3) is 0 Å². The van der Waals surface area contributed by atoms with Gasteiger partial charge in [0.05, 0.1) is 5.75 Å². The second-order valence-electron chi connectivity index (χ2n) is 2.88. The maximum absolute atomic E-state index is 11.2. The Balaban J connectivity index is 2.43. The van der Waals surface area contributed by atoms with Crippen LogP contribution in [-0.4, -0.2) is 29.8 Å². The number of phenolic OH excluding ortho intramolecular Hbond substituents is 1. The van der Waals surface area contributed by atoms with E-state index in [1.165, 1.54) is 18.8 Å². The summed E-state index contributed by atoms with van der Waals surface area (Å²) in [5.74, 6) is -0.210. The topological polar surface area (TPSA) is 78.4 Å². The van der Waals surface area contributed by atoms with E-state index >= 15 is 0 Å². The van der Waals surface area contributed by atoms with E-state index in [1.807, 2.05) is 0 Å². The maximum atomic E-state index is 11.2. The Morgan fingerprint density at radius 2 is 2.06 bits per heavy atom. The Hall–Kier alpha value is -1.69. The maximum Gasteiger partial charge on any atom is 0.321 e. The number of amides is 3. The lowest BCUT2D eigenvalue weighted by Gasteiger charge is -2.04. The monoisotopic (exact) mass is 240 g/mol. The standard InChI is InChI=1S/C10H12N2O3S/c1-11-10(15)12-9(14)6-16-8-5-3-2-4-7(8)13/h2-5,13H,6H2,1H3,(H2,11,12,14,15). The lowest BCUT2D eigenvalue weighted by Crippen LogP contribution is -2.38. The first kappa shape index (κ1) is 12.4. The van der Waals surface area contributed by atoms with Gasteiger partial charge in [0.1, 0.15) is 5.75 Å². The van der Waals surface area contributed by atoms with Crippen molar-refractivity contribution in [1.29, 1.82) is 0 Å². The van der Waals surface area contributed by atoms with Crippen LogP contribution in [0.2, 0.25) is 0 Å². The van der Waals surface area contributed by atoms with Gasteiger partial charge in [-0.1, -0.05) is 12.1 Å². The fourth-order valence-corrected chi connectivity index (χ4v) is 1.70. The lowest BCUT2D eigenvalue weighted by atomic mass is 10.3. The van der Waals surface area contributed by atoms with Crippen molar-refractivity contribution in [3.8, 4) is 5.75 Å². The van der Waals surface area contributed by atoms with Gasteiger partial charge in [-0.05, 0) is 12.1 Å². The van der Waals surface area contributed by atoms with Crippen LogP contribution >= 0.6 is 11.8 Å². The van der Waals surface area contributed by atoms with E-state index in [0.29, 0.717) is 4.90 Å². The SMILES string of the molecule is CNC(=O)NC(=O)CSc1ccccc1O. The van der Waals surface area contributed by atoms with E-state index < -0.39 is 11.9 Å². The number of carbonyl (C=O) groups excluding carboxylic acids is 2. The highest BCUT2D eigenvalue weighted by Gasteiger charge is 2.07. The van der Waals surface area contributed by atoms with Crippen molar-refractivity contribution in [3.05, 3.63) is 24.3 Å². The summed E-state index contributed by atoms with van der Waals surface area (Å²) in [6, 6.07) is 6.16. The molecule has 0 bridgehead atoms. The molecule has 1 aromatic rings. The molecule has 0 radical (unpaired) electrons. The third kappa shape index (κ3) is 3.82. The zero-order valence-corrected chi connectivity index (χ0v) is 9.50. The predicted molar refractivity (Wildman–Crippen MR) is 61.4 cm³/mol. The van der Waals surface area contributed by atoms with Crippen molar-refractivity contribution in [2.45, 2.75) is 4.90 Å². The quantitative estimate of drug-likeness (QED) is 0.687. The highest BCUT2D eigenvalue weighted by molar-refractivity contribution is 8.00. The lowest BCUT2D eigenvalue weighted by molar-refractivity contribution is -0.117. The third-order valence-electron chi connectivity index (χ3n) is 1.70. The minimum atomic E-state index is -0.539. The van der Waals surface area contributed by atoms with E-state index in [2.05, 4.69) is 10.6 Å². The van der Waals surface area contributed by atoms with Gasteiger partial charge in [0.25, 0.3) is 0 Å². The van der Waals surface area contributed by atoms with Gasteiger partial charge >= 0.3 is 6.03 Å². The van der Waals surface area contributed by atoms with Gasteiger partial charge in [0.2, 0.25) is 5.91 Å². The van der Waals surface area contributed by atoms with Crippen molar-refractivity contribution < 1.29 is 14.7 Å². The smallest absolute Gasteiger partial charge is 0.321 e. The summed E-state index contributed by atoms with van der Waals surface area (Å²) in [5, 5.41) is 13.8. The fourth-order valence-electron chi connectivity index (χ4n) is 0.948. The Morgan fingerprint density at radius 1 is 1.38 bits per heavy atom. The van der Waals surface area contributed by atoms with Crippen molar-refractivity contribution in [2.75, 3.05) is 12.8 Å². The molecule has 1 rings (SSSR count). The Kier molecular flexibility index (Phi) is 4.65. The second-order valence-corrected chi connectivity index (χ2v) is 3.90. The number of para-hydroxylation sites is 1. The average Bonchev–Trinajstić information content (AvgIpc) is 2.28. The number of aromatic hydroxyl groups is 1. The molecular formula is C10H12N2O3S. The summed E-state index contributed by atoms with van der Waals surface area (Å²) in [4.78, 5) is 22.6. The normalized spacial score (nSPS) is 9.56. The van der Waals surface area contributed by atoms with Gasteiger partial charge < -0.3 is 10.4 Å². The molecule has 6 heteroatoms. The first-order chi connectivity index (χ1) is 7.63. The highest BCUT2D eigenvalue weighted by Crippen LogP contribution is 2.27. The van der Waals surface area contributed by atoms with Crippen LogP contribution in [0.3, 0.4) is 0 Å². The number of benzene rings is 1. The number of hydrogen-bond donors (Lipinski definition) is 3. The molecule has 0 aliphatic heterocycles. The van der Waals surface area contributed by atoms with Gasteiger partial charge in [-0.2, -0.15) is 0 Å². The van der Waals surface area contributed by atoms with Crippen LogP contribution in [0.15, 0.2) is 29.2 Å². The third-order valence-corrected chi connectivity index (χ3v) is 2.77. The summed E-state index contributed by atoms with van der Waals surface area (Å²) in [5.41, 5.74) is 0. The number of nitrogens with one attached hydrogen (secondary N) is 2. The predicted octanol–water partition coefficient (Wildman–Crippen LogP) is 0.940. The van der Waals surface area contributed by atoms with Crippen molar-refractivity contribution in [2.24, 2.45) is 0 Å². The molecular weight excluding hydrogens is 228 g/mol. The number of hydrogen-bond acceptors (Lipinski definition) is 4. The molecule has 86 valence electrons. The van der Waals surface area contributed by atoms with Crippen molar-refractivity contribution in [3.63, 3.8) is 0 Å². The second kappa shape index (κ2) is 6.02. The molecule has 0 heterocycles. The molecule has 0 aromatic heterocycles. The Labute approximate surface area is 97.2 Å². The van der Waals surface area contributed by atoms with Crippen LogP contribution in [0.4, 0.5) is 4.79 Å². The number of urea groups is 1. The van der Waals surface area contributed by atoms with Gasteiger partial charge in [0, 0.05) is 11.9 Å². The molecule has 0 saturated carbocycles. The molecule has 0 unspecified atom stereocenters. The number of phenols is 1. The Bertz CT molecular complexity index is 395. The molecule has 3 amide bonds. The molecule has 3 N–H and O–H groups in total. The molecule has 0 spiro atoms. The molecule has 0 saturated heterocycles. The number of rotatable bonds is 3. The van der Waals surface area contributed by atoms with Crippen LogP contribution in [-0.2, 0) is 4.79 Å². The molecule has 16 heavy (non-hydrogen) atoms. The van der Waals surface area contributed by atoms with Gasteiger partial charge in [-0.3, -0.25) is 10.1 Å². The van der Waals surface area contributed by atoms with E-state index in [0.717, 1.165) is 0 Å². The van der Waals surface area contributed by atoms with E-state index in [1.54, 1.807) is 24.3 Å². The number of thioether (sulfide) groups is 1. The molecule has 5 nitrogen and oxygen atoms in total. The molecule has 0 aliphatic rings. The van der Waals surface area contributed by atoms with Gasteiger partial charge in [0.15, 0.2) is 0 Å². The number of carbonyl (C=O) groups is 2. The van der Waals surface area contributed by atoms with Gasteiger partial charge in [-0.15, -0.1) is 11.8 Å². The van der Waals surface area contributed by atoms with Crippen LogP contribution in [0.5, 0.6) is 5.75 Å². The summed E-state index contributed by atoms with van der Waals surface area (Å²) in [6.45, 7) is 0. The summed E-state index contributed by atoms with van der Waals surface area (Å²) in [7, 11) is 1.43. The highest BCUT2D eigenvalue weighted by atomic mass is 32.2. The summed E-state index contributed by atoms with van der Waals surface area (Å²) < 4.78 is 0. The zero-order chi connectivity index (χ0) is 12.0. The average molecular weight is 240 g/mol. The fraction of sp³-hybridized carbons (Fsp3) is 0.200. The Morgan fingerprint density at radius 3 is 2.69 bits per heavy atom. The van der Waals surface area contributed by atoms with Crippen LogP contribution < -0.4 is 10.6 Å². The molecule has 0 aliphatic carbocycles. The molecule has 0 fully saturated rings. The largest absolute Gasteiger partial charge is 0.507 e. The van der Waals surface area contributed by atoms with E-state index in [9.17, 15) is 14.7 Å². The summed E-state index contributed by atoms with van der Waals surface area (Å²) in [6.07, 6.45) is 0. The first-order valence-corrected chi connectivity index (χ1v) is 5.54. The molecule has 1 aromatic carbocycles.